The molecular weight excluding hydrogens is 534 g/mol. The van der Waals surface area contributed by atoms with Crippen molar-refractivity contribution < 1.29 is 4.42 Å². The molecule has 3 aromatic heterocycles. The van der Waals surface area contributed by atoms with Gasteiger partial charge in [0.2, 0.25) is 0 Å². The first kappa shape index (κ1) is 22.7. The molecule has 0 radical (unpaired) electrons. The predicted octanol–water partition coefficient (Wildman–Crippen LogP) is 11.8. The van der Waals surface area contributed by atoms with E-state index in [4.69, 9.17) is 4.42 Å². The van der Waals surface area contributed by atoms with Crippen LogP contribution in [0.4, 0.5) is 0 Å². The summed E-state index contributed by atoms with van der Waals surface area (Å²) in [6.45, 7) is 0. The number of para-hydroxylation sites is 2. The number of hydrogen-bond donors (Lipinski definition) is 0. The van der Waals surface area contributed by atoms with Gasteiger partial charge in [-0.15, -0.1) is 0 Å². The summed E-state index contributed by atoms with van der Waals surface area (Å²) in [6, 6.07) is 50.8. The number of fused-ring (bicyclic) bond motifs is 9. The van der Waals surface area contributed by atoms with Gasteiger partial charge < -0.3 is 8.82 Å². The summed E-state index contributed by atoms with van der Waals surface area (Å²) < 4.78 is 9.47. The number of rotatable bonds is 2. The van der Waals surface area contributed by atoms with Gasteiger partial charge in [0.05, 0.1) is 16.6 Å². The third-order valence-corrected chi connectivity index (χ3v) is 9.90. The molecule has 44 heavy (non-hydrogen) atoms. The summed E-state index contributed by atoms with van der Waals surface area (Å²) >= 11 is 0. The van der Waals surface area contributed by atoms with Crippen LogP contribution in [-0.4, -0.2) is 4.40 Å². The zero-order valence-corrected chi connectivity index (χ0v) is 23.6. The molecule has 0 saturated carbocycles. The Kier molecular flexibility index (Phi) is 4.10. The van der Waals surface area contributed by atoms with Crippen molar-refractivity contribution in [2.75, 3.05) is 0 Å². The number of hydrogen-bond acceptors (Lipinski definition) is 1. The van der Waals surface area contributed by atoms with Crippen molar-refractivity contribution in [3.8, 4) is 22.3 Å². The summed E-state index contributed by atoms with van der Waals surface area (Å²) in [6.07, 6.45) is 0. The highest BCUT2D eigenvalue weighted by molar-refractivity contribution is 6.35. The maximum absolute atomic E-state index is 7.03. The second-order valence-electron chi connectivity index (χ2n) is 12.0. The van der Waals surface area contributed by atoms with Crippen LogP contribution < -0.4 is 0 Å². The SMILES string of the molecule is c1ccc(-c2ccc3c4ccccc4c4ccc(-c5ccc6c(c5)c5cccc7c8ccccc8n6c75)c5oc2c3c54)cc1. The maximum Gasteiger partial charge on any atom is 0.143 e. The third-order valence-electron chi connectivity index (χ3n) is 9.90. The molecule has 0 fully saturated rings. The molecule has 0 aliphatic rings. The molecular formula is C42H23NO. The molecule has 8 aromatic carbocycles. The standard InChI is InChI=1S/C42H23NO/c1-2-9-24(10-3-1)26-18-20-31-28-11-4-5-12-29(28)32-21-19-27(42-39(32)38(31)41(26)44-42)25-17-22-37-35(23-25)34-15-8-14-33-30-13-6-7-16-36(30)43(37)40(33)34/h1-23H. The highest BCUT2D eigenvalue weighted by Crippen LogP contribution is 2.48. The molecule has 2 nitrogen and oxygen atoms in total. The van der Waals surface area contributed by atoms with Crippen LogP contribution in [0.15, 0.2) is 144 Å². The number of benzene rings is 8. The highest BCUT2D eigenvalue weighted by Gasteiger charge is 2.23. The van der Waals surface area contributed by atoms with Crippen LogP contribution in [0.1, 0.15) is 0 Å². The lowest BCUT2D eigenvalue weighted by Crippen LogP contribution is -1.86. The van der Waals surface area contributed by atoms with Gasteiger partial charge in [0.15, 0.2) is 0 Å². The van der Waals surface area contributed by atoms with Gasteiger partial charge in [-0.05, 0) is 63.0 Å². The fourth-order valence-corrected chi connectivity index (χ4v) is 8.05. The molecule has 0 saturated heterocycles. The van der Waals surface area contributed by atoms with Gasteiger partial charge in [0.1, 0.15) is 11.2 Å². The average Bonchev–Trinajstić information content (AvgIpc) is 3.76. The molecule has 3 heterocycles. The van der Waals surface area contributed by atoms with Crippen molar-refractivity contribution >= 4 is 81.6 Å². The van der Waals surface area contributed by atoms with E-state index in [0.29, 0.717) is 0 Å². The van der Waals surface area contributed by atoms with E-state index in [2.05, 4.69) is 144 Å². The normalized spacial score (nSPS) is 12.5. The van der Waals surface area contributed by atoms with E-state index in [0.717, 1.165) is 22.3 Å². The number of furan rings is 1. The summed E-state index contributed by atoms with van der Waals surface area (Å²) in [5.74, 6) is 0. The fourth-order valence-electron chi connectivity index (χ4n) is 8.05. The third kappa shape index (κ3) is 2.68. The molecule has 0 N–H and O–H groups in total. The summed E-state index contributed by atoms with van der Waals surface area (Å²) in [5.41, 5.74) is 10.3. The Morgan fingerprint density at radius 3 is 1.66 bits per heavy atom. The quantitative estimate of drug-likeness (QED) is 0.193. The van der Waals surface area contributed by atoms with Crippen LogP contribution in [0, 0.1) is 0 Å². The topological polar surface area (TPSA) is 17.6 Å². The summed E-state index contributed by atoms with van der Waals surface area (Å²) in [4.78, 5) is 0. The molecule has 2 heteroatoms. The van der Waals surface area contributed by atoms with Crippen LogP contribution in [0.3, 0.4) is 0 Å². The fraction of sp³-hybridized carbons (Fsp3) is 0. The second-order valence-corrected chi connectivity index (χ2v) is 12.0. The van der Waals surface area contributed by atoms with Gasteiger partial charge in [0.25, 0.3) is 0 Å². The Balaban J connectivity index is 1.26. The maximum atomic E-state index is 7.03. The van der Waals surface area contributed by atoms with Gasteiger partial charge in [-0.1, -0.05) is 109 Å². The molecule has 0 bridgehead atoms. The van der Waals surface area contributed by atoms with Gasteiger partial charge in [-0.25, -0.2) is 0 Å². The van der Waals surface area contributed by atoms with Gasteiger partial charge in [0, 0.05) is 43.4 Å². The van der Waals surface area contributed by atoms with Crippen LogP contribution in [0.5, 0.6) is 0 Å². The molecule has 0 amide bonds. The minimum absolute atomic E-state index is 0.956. The smallest absolute Gasteiger partial charge is 0.143 e. The Bertz CT molecular complexity index is 2920. The molecule has 202 valence electrons. The molecule has 0 aliphatic heterocycles. The van der Waals surface area contributed by atoms with Crippen molar-refractivity contribution in [2.45, 2.75) is 0 Å². The van der Waals surface area contributed by atoms with Crippen LogP contribution in [0.2, 0.25) is 0 Å². The van der Waals surface area contributed by atoms with Crippen molar-refractivity contribution in [3.63, 3.8) is 0 Å². The number of nitrogens with zero attached hydrogens (tertiary/aromatic N) is 1. The Hall–Kier alpha value is -5.86. The molecule has 11 rings (SSSR count). The first-order chi connectivity index (χ1) is 21.8. The van der Waals surface area contributed by atoms with Crippen molar-refractivity contribution in [1.82, 2.24) is 4.40 Å². The zero-order chi connectivity index (χ0) is 28.5. The molecule has 0 unspecified atom stereocenters. The van der Waals surface area contributed by atoms with Crippen LogP contribution in [-0.2, 0) is 0 Å². The molecule has 0 spiro atoms. The van der Waals surface area contributed by atoms with E-state index < -0.39 is 0 Å². The number of aromatic nitrogens is 1. The van der Waals surface area contributed by atoms with Crippen molar-refractivity contribution in [2.24, 2.45) is 0 Å². The largest absolute Gasteiger partial charge is 0.455 e. The lowest BCUT2D eigenvalue weighted by atomic mass is 9.90. The Morgan fingerprint density at radius 2 is 0.932 bits per heavy atom. The first-order valence-corrected chi connectivity index (χ1v) is 15.2. The van der Waals surface area contributed by atoms with Crippen LogP contribution in [0.25, 0.3) is 104 Å². The Morgan fingerprint density at radius 1 is 0.364 bits per heavy atom. The Labute approximate surface area is 251 Å². The van der Waals surface area contributed by atoms with Gasteiger partial charge >= 0.3 is 0 Å². The second kappa shape index (κ2) is 7.94. The monoisotopic (exact) mass is 557 g/mol. The zero-order valence-electron chi connectivity index (χ0n) is 23.6. The van der Waals surface area contributed by atoms with E-state index in [1.807, 2.05) is 0 Å². The minimum Gasteiger partial charge on any atom is -0.455 e. The van der Waals surface area contributed by atoms with E-state index in [1.54, 1.807) is 0 Å². The van der Waals surface area contributed by atoms with E-state index in [9.17, 15) is 0 Å². The van der Waals surface area contributed by atoms with Crippen molar-refractivity contribution in [3.05, 3.63) is 140 Å². The van der Waals surface area contributed by atoms with E-state index >= 15 is 0 Å². The van der Waals surface area contributed by atoms with Gasteiger partial charge in [-0.2, -0.15) is 0 Å². The molecule has 0 atom stereocenters. The minimum atomic E-state index is 0.956. The van der Waals surface area contributed by atoms with Crippen molar-refractivity contribution in [1.29, 1.82) is 0 Å². The summed E-state index contributed by atoms with van der Waals surface area (Å²) in [7, 11) is 0. The lowest BCUT2D eigenvalue weighted by Gasteiger charge is -2.11. The predicted molar refractivity (Wildman–Crippen MR) is 185 cm³/mol. The molecule has 0 aliphatic carbocycles. The highest BCUT2D eigenvalue weighted by atomic mass is 16.3. The first-order valence-electron chi connectivity index (χ1n) is 15.2. The van der Waals surface area contributed by atoms with E-state index in [1.165, 1.54) is 81.5 Å². The molecule has 11 aromatic rings. The van der Waals surface area contributed by atoms with E-state index in [-0.39, 0.29) is 0 Å². The lowest BCUT2D eigenvalue weighted by molar-refractivity contribution is 0.671. The van der Waals surface area contributed by atoms with Gasteiger partial charge in [-0.3, -0.25) is 0 Å². The van der Waals surface area contributed by atoms with Crippen LogP contribution >= 0.6 is 0 Å². The summed E-state index contributed by atoms with van der Waals surface area (Å²) in [5, 5.41) is 12.6. The average molecular weight is 558 g/mol.